The molecule has 0 aromatic heterocycles. The topological polar surface area (TPSA) is 0 Å². The average Bonchev–Trinajstić information content (AvgIpc) is 2.54. The van der Waals surface area contributed by atoms with E-state index < -0.39 is 8.07 Å². The molecule has 0 heterocycles. The van der Waals surface area contributed by atoms with Crippen molar-refractivity contribution in [3.63, 3.8) is 0 Å². The molecule has 2 aromatic rings. The zero-order chi connectivity index (χ0) is 19.4. The van der Waals surface area contributed by atoms with Crippen molar-refractivity contribution in [2.75, 3.05) is 0 Å². The van der Waals surface area contributed by atoms with Crippen LogP contribution in [0.4, 0.5) is 0 Å². The lowest BCUT2D eigenvalue weighted by Gasteiger charge is -2.30. The highest BCUT2D eigenvalue weighted by molar-refractivity contribution is 7.05. The standard InChI is InChI=1S/C14H6Cl10Si/c1-25(2,13-9(21)5(17)3(15)6(18)10(13)22)14-11(23)7(19)4(16)8(20)12(14)24/h1-2H3. The maximum Gasteiger partial charge on any atom is 0.120 e. The van der Waals surface area contributed by atoms with Gasteiger partial charge in [-0.15, -0.1) is 0 Å². The van der Waals surface area contributed by atoms with Crippen LogP contribution in [0.3, 0.4) is 0 Å². The van der Waals surface area contributed by atoms with E-state index in [1.54, 1.807) is 0 Å². The van der Waals surface area contributed by atoms with Crippen molar-refractivity contribution in [1.29, 1.82) is 0 Å². The molecule has 0 spiro atoms. The van der Waals surface area contributed by atoms with Gasteiger partial charge in [0.2, 0.25) is 0 Å². The molecule has 25 heavy (non-hydrogen) atoms. The molecular formula is C14H6Cl10Si. The van der Waals surface area contributed by atoms with Crippen LogP contribution in [0.1, 0.15) is 0 Å². The number of hydrogen-bond donors (Lipinski definition) is 0. The summed E-state index contributed by atoms with van der Waals surface area (Å²) in [7, 11) is -2.79. The highest BCUT2D eigenvalue weighted by Crippen LogP contribution is 2.43. The van der Waals surface area contributed by atoms with Crippen molar-refractivity contribution >= 4 is 134 Å². The first kappa shape index (κ1) is 22.8. The zero-order valence-electron chi connectivity index (χ0n) is 12.3. The SMILES string of the molecule is C[Si](C)(c1c(Cl)c(Cl)c(Cl)c(Cl)c1Cl)c1c(Cl)c(Cl)c(Cl)c(Cl)c1Cl. The van der Waals surface area contributed by atoms with Gasteiger partial charge in [-0.25, -0.2) is 0 Å². The summed E-state index contributed by atoms with van der Waals surface area (Å²) in [6, 6.07) is 0. The number of halogens is 10. The first-order valence-electron chi connectivity index (χ1n) is 6.39. The van der Waals surface area contributed by atoms with Crippen LogP contribution >= 0.6 is 116 Å². The Morgan fingerprint density at radius 1 is 0.360 bits per heavy atom. The Labute approximate surface area is 196 Å². The Morgan fingerprint density at radius 2 is 0.520 bits per heavy atom. The summed E-state index contributed by atoms with van der Waals surface area (Å²) in [5.41, 5.74) is 0. The van der Waals surface area contributed by atoms with Crippen LogP contribution in [0, 0.1) is 0 Å². The van der Waals surface area contributed by atoms with Crippen molar-refractivity contribution in [2.45, 2.75) is 13.1 Å². The Bertz CT molecular complexity index is 761. The van der Waals surface area contributed by atoms with E-state index in [0.29, 0.717) is 10.4 Å². The minimum atomic E-state index is -2.79. The number of hydrogen-bond acceptors (Lipinski definition) is 0. The van der Waals surface area contributed by atoms with Gasteiger partial charge >= 0.3 is 0 Å². The Kier molecular flexibility index (Phi) is 7.42. The highest BCUT2D eigenvalue weighted by atomic mass is 35.5. The van der Waals surface area contributed by atoms with E-state index in [-0.39, 0.29) is 50.2 Å². The lowest BCUT2D eigenvalue weighted by molar-refractivity contribution is 1.66. The van der Waals surface area contributed by atoms with E-state index in [9.17, 15) is 0 Å². The average molecular weight is 557 g/mol. The molecule has 11 heteroatoms. The zero-order valence-corrected chi connectivity index (χ0v) is 20.8. The largest absolute Gasteiger partial charge is 0.120 e. The summed E-state index contributed by atoms with van der Waals surface area (Å²) in [6.45, 7) is 3.79. The summed E-state index contributed by atoms with van der Waals surface area (Å²) in [5, 5.41) is 2.20. The van der Waals surface area contributed by atoms with Crippen LogP contribution in [0.15, 0.2) is 0 Å². The quantitative estimate of drug-likeness (QED) is 0.197. The minimum Gasteiger partial charge on any atom is -0.0827 e. The molecule has 0 N–H and O–H groups in total. The van der Waals surface area contributed by atoms with E-state index in [4.69, 9.17) is 116 Å². The van der Waals surface area contributed by atoms with Crippen molar-refractivity contribution in [3.8, 4) is 0 Å². The molecule has 0 aliphatic heterocycles. The molecule has 136 valence electrons. The molecule has 0 aliphatic carbocycles. The van der Waals surface area contributed by atoms with Crippen LogP contribution in [0.5, 0.6) is 0 Å². The first-order chi connectivity index (χ1) is 11.4. The second-order valence-corrected chi connectivity index (χ2v) is 13.5. The van der Waals surface area contributed by atoms with Crippen LogP contribution in [0.25, 0.3) is 0 Å². The van der Waals surface area contributed by atoms with Gasteiger partial charge in [0.15, 0.2) is 0 Å². The second kappa shape index (κ2) is 8.12. The summed E-state index contributed by atoms with van der Waals surface area (Å²) >= 11 is 62.6. The molecule has 2 aromatic carbocycles. The monoisotopic (exact) mass is 552 g/mol. The molecule has 0 bridgehead atoms. The molecule has 0 atom stereocenters. The van der Waals surface area contributed by atoms with E-state index in [2.05, 4.69) is 0 Å². The molecule has 0 radical (unpaired) electrons. The predicted molar refractivity (Wildman–Crippen MR) is 120 cm³/mol. The second-order valence-electron chi connectivity index (χ2n) is 5.51. The molecule has 0 aliphatic rings. The fraction of sp³-hybridized carbons (Fsp3) is 0.143. The minimum absolute atomic E-state index is 0.0660. The van der Waals surface area contributed by atoms with Gasteiger partial charge in [0.1, 0.15) is 8.07 Å². The van der Waals surface area contributed by atoms with Gasteiger partial charge in [-0.05, 0) is 10.4 Å². The van der Waals surface area contributed by atoms with Crippen molar-refractivity contribution < 1.29 is 0 Å². The third-order valence-corrected chi connectivity index (χ3v) is 12.4. The summed E-state index contributed by atoms with van der Waals surface area (Å²) < 4.78 is 0. The van der Waals surface area contributed by atoms with E-state index >= 15 is 0 Å². The van der Waals surface area contributed by atoms with Crippen LogP contribution in [-0.2, 0) is 0 Å². The highest BCUT2D eigenvalue weighted by Gasteiger charge is 2.39. The van der Waals surface area contributed by atoms with E-state index in [0.717, 1.165) is 0 Å². The first-order valence-corrected chi connectivity index (χ1v) is 13.2. The number of benzene rings is 2. The normalized spacial score (nSPS) is 12.0. The van der Waals surface area contributed by atoms with Crippen LogP contribution in [0.2, 0.25) is 63.3 Å². The van der Waals surface area contributed by atoms with Gasteiger partial charge in [-0.2, -0.15) is 0 Å². The Balaban J connectivity index is 2.96. The molecule has 0 saturated heterocycles. The molecular weight excluding hydrogens is 551 g/mol. The molecule has 2 rings (SSSR count). The molecule has 0 amide bonds. The van der Waals surface area contributed by atoms with Gasteiger partial charge in [0, 0.05) is 0 Å². The molecule has 0 nitrogen and oxygen atoms in total. The predicted octanol–water partition coefficient (Wildman–Crippen LogP) is 9.04. The lowest BCUT2D eigenvalue weighted by atomic mass is 10.3. The van der Waals surface area contributed by atoms with Crippen LogP contribution < -0.4 is 10.4 Å². The third-order valence-electron chi connectivity index (χ3n) is 3.67. The summed E-state index contributed by atoms with van der Waals surface area (Å²) in [6.07, 6.45) is 0. The Morgan fingerprint density at radius 3 is 0.720 bits per heavy atom. The van der Waals surface area contributed by atoms with Crippen molar-refractivity contribution in [3.05, 3.63) is 50.2 Å². The maximum atomic E-state index is 6.42. The molecule has 0 unspecified atom stereocenters. The van der Waals surface area contributed by atoms with Gasteiger partial charge in [0.25, 0.3) is 0 Å². The van der Waals surface area contributed by atoms with Crippen LogP contribution in [-0.4, -0.2) is 8.07 Å². The molecule has 0 saturated carbocycles. The van der Waals surface area contributed by atoms with Crippen molar-refractivity contribution in [1.82, 2.24) is 0 Å². The maximum absolute atomic E-state index is 6.42. The fourth-order valence-electron chi connectivity index (χ4n) is 2.43. The number of rotatable bonds is 2. The fourth-order valence-corrected chi connectivity index (χ4v) is 10.8. The third kappa shape index (κ3) is 3.74. The van der Waals surface area contributed by atoms with Gasteiger partial charge < -0.3 is 0 Å². The Hall–Kier alpha value is 1.56. The van der Waals surface area contributed by atoms with Gasteiger partial charge in [-0.1, -0.05) is 129 Å². The summed E-state index contributed by atoms with van der Waals surface area (Å²) in [5.74, 6) is 0. The van der Waals surface area contributed by atoms with E-state index in [1.807, 2.05) is 13.1 Å². The lowest BCUT2D eigenvalue weighted by Crippen LogP contribution is -2.55. The summed E-state index contributed by atoms with van der Waals surface area (Å²) in [4.78, 5) is 0. The smallest absolute Gasteiger partial charge is 0.0827 e. The molecule has 0 fully saturated rings. The van der Waals surface area contributed by atoms with E-state index in [1.165, 1.54) is 0 Å². The van der Waals surface area contributed by atoms with Crippen molar-refractivity contribution in [2.24, 2.45) is 0 Å². The van der Waals surface area contributed by atoms with Gasteiger partial charge in [-0.3, -0.25) is 0 Å². The van der Waals surface area contributed by atoms with Gasteiger partial charge in [0.05, 0.1) is 50.2 Å².